The van der Waals surface area contributed by atoms with Crippen LogP contribution in [0, 0.1) is 0 Å². The average Bonchev–Trinajstić information content (AvgIpc) is 2.29. The Morgan fingerprint density at radius 3 is 2.33 bits per heavy atom. The van der Waals surface area contributed by atoms with Crippen molar-refractivity contribution in [3.63, 3.8) is 0 Å². The van der Waals surface area contributed by atoms with Gasteiger partial charge in [-0.25, -0.2) is 4.79 Å². The maximum atomic E-state index is 11.4. The molecule has 0 spiro atoms. The van der Waals surface area contributed by atoms with Gasteiger partial charge in [0.05, 0.1) is 5.92 Å². The summed E-state index contributed by atoms with van der Waals surface area (Å²) in [6, 6.07) is 8.51. The minimum absolute atomic E-state index is 0.0185. The van der Waals surface area contributed by atoms with Gasteiger partial charge in [-0.2, -0.15) is 0 Å². The van der Waals surface area contributed by atoms with Gasteiger partial charge >= 0.3 is 12.0 Å². The van der Waals surface area contributed by atoms with Gasteiger partial charge in [-0.05, 0) is 19.4 Å². The number of rotatable bonds is 5. The molecule has 0 aliphatic carbocycles. The van der Waals surface area contributed by atoms with Crippen LogP contribution in [0.15, 0.2) is 30.3 Å². The lowest BCUT2D eigenvalue weighted by atomic mass is 9.99. The molecule has 0 bridgehead atoms. The average molecular weight is 250 g/mol. The first-order valence-corrected chi connectivity index (χ1v) is 5.83. The number of carbonyl (C=O) groups is 2. The topological polar surface area (TPSA) is 78.4 Å². The smallest absolute Gasteiger partial charge is 0.315 e. The van der Waals surface area contributed by atoms with E-state index in [-0.39, 0.29) is 18.6 Å². The maximum Gasteiger partial charge on any atom is 0.315 e. The third kappa shape index (κ3) is 4.45. The van der Waals surface area contributed by atoms with E-state index in [4.69, 9.17) is 5.11 Å². The summed E-state index contributed by atoms with van der Waals surface area (Å²) in [5.41, 5.74) is 0.676. The molecule has 18 heavy (non-hydrogen) atoms. The molecule has 0 aliphatic rings. The zero-order valence-corrected chi connectivity index (χ0v) is 10.5. The van der Waals surface area contributed by atoms with Crippen LogP contribution in [-0.4, -0.2) is 29.7 Å². The molecule has 1 aromatic carbocycles. The van der Waals surface area contributed by atoms with Crippen LogP contribution in [-0.2, 0) is 4.79 Å². The second kappa shape index (κ2) is 6.64. The molecule has 0 saturated carbocycles. The van der Waals surface area contributed by atoms with Crippen LogP contribution in [0.25, 0.3) is 0 Å². The standard InChI is InChI=1S/C13H18N2O3/c1-9(2)15-13(18)14-8-11(12(16)17)10-6-4-3-5-7-10/h3-7,9,11H,8H2,1-2H3,(H,16,17)(H2,14,15,18). The highest BCUT2D eigenvalue weighted by molar-refractivity contribution is 5.79. The number of carboxylic acids is 1. The zero-order chi connectivity index (χ0) is 13.5. The lowest BCUT2D eigenvalue weighted by Gasteiger charge is -2.15. The predicted octanol–water partition coefficient (Wildman–Crippen LogP) is 1.56. The number of hydrogen-bond donors (Lipinski definition) is 3. The van der Waals surface area contributed by atoms with E-state index < -0.39 is 11.9 Å². The fourth-order valence-electron chi connectivity index (χ4n) is 1.54. The third-order valence-corrected chi connectivity index (χ3v) is 2.39. The van der Waals surface area contributed by atoms with Crippen molar-refractivity contribution in [2.45, 2.75) is 25.8 Å². The maximum absolute atomic E-state index is 11.4. The van der Waals surface area contributed by atoms with Gasteiger partial charge in [0.15, 0.2) is 0 Å². The molecule has 98 valence electrons. The van der Waals surface area contributed by atoms with Crippen molar-refractivity contribution in [2.24, 2.45) is 0 Å². The van der Waals surface area contributed by atoms with Gasteiger partial charge in [0.2, 0.25) is 0 Å². The molecular weight excluding hydrogens is 232 g/mol. The first-order valence-electron chi connectivity index (χ1n) is 5.83. The van der Waals surface area contributed by atoms with Crippen molar-refractivity contribution in [1.29, 1.82) is 0 Å². The van der Waals surface area contributed by atoms with Crippen molar-refractivity contribution in [2.75, 3.05) is 6.54 Å². The fourth-order valence-corrected chi connectivity index (χ4v) is 1.54. The van der Waals surface area contributed by atoms with E-state index in [2.05, 4.69) is 10.6 Å². The van der Waals surface area contributed by atoms with Crippen molar-refractivity contribution < 1.29 is 14.7 Å². The molecule has 5 nitrogen and oxygen atoms in total. The largest absolute Gasteiger partial charge is 0.481 e. The summed E-state index contributed by atoms with van der Waals surface area (Å²) < 4.78 is 0. The Hall–Kier alpha value is -2.04. The Labute approximate surface area is 106 Å². The Kier molecular flexibility index (Phi) is 5.17. The van der Waals surface area contributed by atoms with Crippen LogP contribution in [0.5, 0.6) is 0 Å². The lowest BCUT2D eigenvalue weighted by Crippen LogP contribution is -2.42. The highest BCUT2D eigenvalue weighted by atomic mass is 16.4. The summed E-state index contributed by atoms with van der Waals surface area (Å²) in [6.07, 6.45) is 0. The van der Waals surface area contributed by atoms with Gasteiger partial charge < -0.3 is 15.7 Å². The lowest BCUT2D eigenvalue weighted by molar-refractivity contribution is -0.138. The van der Waals surface area contributed by atoms with E-state index in [1.54, 1.807) is 24.3 Å². The quantitative estimate of drug-likeness (QED) is 0.742. The predicted molar refractivity (Wildman–Crippen MR) is 68.5 cm³/mol. The summed E-state index contributed by atoms with van der Waals surface area (Å²) in [5, 5.41) is 14.4. The molecule has 1 atom stereocenters. The first-order chi connectivity index (χ1) is 8.50. The molecule has 0 aliphatic heterocycles. The molecule has 0 saturated heterocycles. The monoisotopic (exact) mass is 250 g/mol. The Balaban J connectivity index is 2.60. The van der Waals surface area contributed by atoms with Crippen LogP contribution in [0.4, 0.5) is 4.79 Å². The Morgan fingerprint density at radius 1 is 1.22 bits per heavy atom. The van der Waals surface area contributed by atoms with Gasteiger partial charge in [0.1, 0.15) is 0 Å². The second-order valence-electron chi connectivity index (χ2n) is 4.31. The first kappa shape index (κ1) is 14.0. The van der Waals surface area contributed by atoms with Crippen LogP contribution in [0.2, 0.25) is 0 Å². The summed E-state index contributed by atoms with van der Waals surface area (Å²) in [5.74, 6) is -1.69. The van der Waals surface area contributed by atoms with Crippen LogP contribution in [0.1, 0.15) is 25.3 Å². The van der Waals surface area contributed by atoms with Gasteiger partial charge in [-0.1, -0.05) is 30.3 Å². The zero-order valence-electron chi connectivity index (χ0n) is 10.5. The number of carbonyl (C=O) groups excluding carboxylic acids is 1. The van der Waals surface area contributed by atoms with Crippen molar-refractivity contribution in [3.05, 3.63) is 35.9 Å². The Bertz CT molecular complexity index is 404. The third-order valence-electron chi connectivity index (χ3n) is 2.39. The molecule has 1 rings (SSSR count). The molecule has 0 aromatic heterocycles. The summed E-state index contributed by atoms with van der Waals surface area (Å²) in [7, 11) is 0. The van der Waals surface area contributed by atoms with E-state index in [1.165, 1.54) is 0 Å². The molecule has 2 amide bonds. The number of benzene rings is 1. The summed E-state index contributed by atoms with van der Waals surface area (Å²) in [4.78, 5) is 22.6. The molecule has 0 fully saturated rings. The normalized spacial score (nSPS) is 11.9. The second-order valence-corrected chi connectivity index (χ2v) is 4.31. The van der Waals surface area contributed by atoms with E-state index in [1.807, 2.05) is 19.9 Å². The van der Waals surface area contributed by atoms with E-state index >= 15 is 0 Å². The van der Waals surface area contributed by atoms with Crippen LogP contribution in [0.3, 0.4) is 0 Å². The van der Waals surface area contributed by atoms with E-state index in [0.29, 0.717) is 5.56 Å². The summed E-state index contributed by atoms with van der Waals surface area (Å²) in [6.45, 7) is 3.74. The fraction of sp³-hybridized carbons (Fsp3) is 0.385. The van der Waals surface area contributed by atoms with Gasteiger partial charge in [-0.15, -0.1) is 0 Å². The molecule has 0 radical (unpaired) electrons. The minimum atomic E-state index is -0.953. The minimum Gasteiger partial charge on any atom is -0.481 e. The van der Waals surface area contributed by atoms with Crippen LogP contribution < -0.4 is 10.6 Å². The number of amides is 2. The molecule has 1 unspecified atom stereocenters. The van der Waals surface area contributed by atoms with Gasteiger partial charge in [0, 0.05) is 12.6 Å². The van der Waals surface area contributed by atoms with Crippen molar-refractivity contribution in [3.8, 4) is 0 Å². The van der Waals surface area contributed by atoms with Crippen LogP contribution >= 0.6 is 0 Å². The van der Waals surface area contributed by atoms with Gasteiger partial charge in [0.25, 0.3) is 0 Å². The number of carboxylic acid groups (broad SMARTS) is 1. The van der Waals surface area contributed by atoms with E-state index in [9.17, 15) is 9.59 Å². The van der Waals surface area contributed by atoms with Gasteiger partial charge in [-0.3, -0.25) is 4.79 Å². The Morgan fingerprint density at radius 2 is 1.83 bits per heavy atom. The SMILES string of the molecule is CC(C)NC(=O)NCC(C(=O)O)c1ccccc1. The molecular formula is C13H18N2O3. The molecule has 5 heteroatoms. The van der Waals surface area contributed by atoms with Crippen molar-refractivity contribution in [1.82, 2.24) is 10.6 Å². The molecule has 3 N–H and O–H groups in total. The number of urea groups is 1. The molecule has 1 aromatic rings. The summed E-state index contributed by atoms with van der Waals surface area (Å²) >= 11 is 0. The molecule has 0 heterocycles. The number of hydrogen-bond acceptors (Lipinski definition) is 2. The van der Waals surface area contributed by atoms with E-state index in [0.717, 1.165) is 0 Å². The van der Waals surface area contributed by atoms with Crippen molar-refractivity contribution >= 4 is 12.0 Å². The highest BCUT2D eigenvalue weighted by Crippen LogP contribution is 2.14. The number of aliphatic carboxylic acids is 1. The number of nitrogens with one attached hydrogen (secondary N) is 2. The highest BCUT2D eigenvalue weighted by Gasteiger charge is 2.20.